The molecular weight excluding hydrogens is 370 g/mol. The highest BCUT2D eigenvalue weighted by Gasteiger charge is 2.21. The van der Waals surface area contributed by atoms with Crippen molar-refractivity contribution in [1.82, 2.24) is 15.5 Å². The van der Waals surface area contributed by atoms with Crippen molar-refractivity contribution in [3.05, 3.63) is 19.5 Å². The summed E-state index contributed by atoms with van der Waals surface area (Å²) < 4.78 is 7.28. The molecule has 0 aliphatic heterocycles. The summed E-state index contributed by atoms with van der Waals surface area (Å²) in [6.07, 6.45) is 2.52. The van der Waals surface area contributed by atoms with Gasteiger partial charge in [-0.3, -0.25) is 0 Å². The van der Waals surface area contributed by atoms with Crippen LogP contribution in [0.3, 0.4) is 0 Å². The lowest BCUT2D eigenvalue weighted by Crippen LogP contribution is -2.16. The third kappa shape index (κ3) is 2.78. The maximum Gasteiger partial charge on any atom is 0.260 e. The lowest BCUT2D eigenvalue weighted by atomic mass is 10.3. The Morgan fingerprint density at radius 1 is 1.47 bits per heavy atom. The predicted octanol–water partition coefficient (Wildman–Crippen LogP) is 3.58. The molecule has 90 valence electrons. The third-order valence-electron chi connectivity index (χ3n) is 2.48. The number of hydrogen-bond acceptors (Lipinski definition) is 5. The van der Waals surface area contributed by atoms with E-state index in [4.69, 9.17) is 4.52 Å². The van der Waals surface area contributed by atoms with Crippen molar-refractivity contribution < 1.29 is 4.52 Å². The fourth-order valence-corrected chi connectivity index (χ4v) is 4.22. The molecule has 0 unspecified atom stereocenters. The minimum Gasteiger partial charge on any atom is -0.334 e. The van der Waals surface area contributed by atoms with Crippen LogP contribution in [-0.4, -0.2) is 16.2 Å². The van der Waals surface area contributed by atoms with Crippen LogP contribution in [0.5, 0.6) is 0 Å². The van der Waals surface area contributed by atoms with Crippen molar-refractivity contribution in [2.75, 3.05) is 0 Å². The number of rotatable bonds is 4. The Labute approximate surface area is 119 Å². The number of hydrogen-bond donors (Lipinski definition) is 1. The van der Waals surface area contributed by atoms with Gasteiger partial charge in [0.1, 0.15) is 0 Å². The van der Waals surface area contributed by atoms with E-state index in [0.29, 0.717) is 24.3 Å². The normalized spacial score (nSPS) is 15.4. The van der Waals surface area contributed by atoms with E-state index in [0.717, 1.165) is 13.1 Å². The maximum absolute atomic E-state index is 5.25. The molecule has 4 nitrogen and oxygen atoms in total. The molecule has 0 spiro atoms. The van der Waals surface area contributed by atoms with Crippen molar-refractivity contribution in [3.8, 4) is 11.5 Å². The van der Waals surface area contributed by atoms with Gasteiger partial charge in [-0.25, -0.2) is 0 Å². The van der Waals surface area contributed by atoms with Crippen LogP contribution < -0.4 is 5.32 Å². The van der Waals surface area contributed by atoms with Gasteiger partial charge in [-0.1, -0.05) is 5.16 Å². The summed E-state index contributed by atoms with van der Waals surface area (Å²) in [4.78, 5) is 4.37. The summed E-state index contributed by atoms with van der Waals surface area (Å²) in [6.45, 7) is 0.678. The van der Waals surface area contributed by atoms with E-state index in [1.165, 1.54) is 12.8 Å². The monoisotopic (exact) mass is 377 g/mol. The zero-order valence-electron chi connectivity index (χ0n) is 8.74. The Balaban J connectivity index is 1.76. The number of aromatic nitrogens is 2. The van der Waals surface area contributed by atoms with Crippen LogP contribution in [0.2, 0.25) is 0 Å². The van der Waals surface area contributed by atoms with E-state index in [1.54, 1.807) is 11.3 Å². The summed E-state index contributed by atoms with van der Waals surface area (Å²) in [5, 5.41) is 7.32. The van der Waals surface area contributed by atoms with Crippen LogP contribution in [0.15, 0.2) is 18.2 Å². The molecule has 2 heterocycles. The van der Waals surface area contributed by atoms with Gasteiger partial charge >= 0.3 is 0 Å². The summed E-state index contributed by atoms with van der Waals surface area (Å²) in [7, 11) is 0. The average Bonchev–Trinajstić information content (AvgIpc) is 2.90. The molecule has 0 amide bonds. The van der Waals surface area contributed by atoms with Gasteiger partial charge < -0.3 is 9.84 Å². The quantitative estimate of drug-likeness (QED) is 0.883. The molecule has 1 fully saturated rings. The molecule has 3 rings (SSSR count). The Kier molecular flexibility index (Phi) is 3.34. The molecule has 0 saturated heterocycles. The van der Waals surface area contributed by atoms with Gasteiger partial charge in [-0.15, -0.1) is 11.3 Å². The van der Waals surface area contributed by atoms with E-state index in [-0.39, 0.29) is 0 Å². The molecular formula is C10H9Br2N3OS. The first kappa shape index (κ1) is 11.8. The highest BCUT2D eigenvalue weighted by atomic mass is 79.9. The molecule has 1 aliphatic rings. The highest BCUT2D eigenvalue weighted by molar-refractivity contribution is 9.12. The summed E-state index contributed by atoms with van der Waals surface area (Å²) in [5.41, 5.74) is 0.937. The fraction of sp³-hybridized carbons (Fsp3) is 0.400. The maximum atomic E-state index is 5.25. The van der Waals surface area contributed by atoms with Crippen LogP contribution >= 0.6 is 43.2 Å². The van der Waals surface area contributed by atoms with Gasteiger partial charge in [0.15, 0.2) is 5.82 Å². The van der Waals surface area contributed by atoms with Crippen LogP contribution in [0, 0.1) is 0 Å². The van der Waals surface area contributed by atoms with Gasteiger partial charge in [-0.2, -0.15) is 4.98 Å². The molecule has 7 heteroatoms. The van der Waals surface area contributed by atoms with E-state index in [2.05, 4.69) is 47.3 Å². The molecule has 1 N–H and O–H groups in total. The SMILES string of the molecule is Brc1cc(-c2nc(CNC3CC3)no2)c(Br)s1. The molecule has 0 bridgehead atoms. The summed E-state index contributed by atoms with van der Waals surface area (Å²) in [5.74, 6) is 1.27. The van der Waals surface area contributed by atoms with Gasteiger partial charge in [0, 0.05) is 6.04 Å². The van der Waals surface area contributed by atoms with Crippen molar-refractivity contribution >= 4 is 43.2 Å². The van der Waals surface area contributed by atoms with E-state index < -0.39 is 0 Å². The molecule has 1 saturated carbocycles. The Morgan fingerprint density at radius 2 is 2.29 bits per heavy atom. The average molecular weight is 379 g/mol. The molecule has 1 aliphatic carbocycles. The smallest absolute Gasteiger partial charge is 0.260 e. The predicted molar refractivity (Wildman–Crippen MR) is 72.9 cm³/mol. The lowest BCUT2D eigenvalue weighted by molar-refractivity contribution is 0.419. The van der Waals surface area contributed by atoms with Crippen LogP contribution in [0.1, 0.15) is 18.7 Å². The molecule has 0 aromatic carbocycles. The second-order valence-electron chi connectivity index (χ2n) is 3.91. The van der Waals surface area contributed by atoms with Gasteiger partial charge in [0.25, 0.3) is 5.89 Å². The zero-order valence-corrected chi connectivity index (χ0v) is 12.7. The zero-order chi connectivity index (χ0) is 11.8. The lowest BCUT2D eigenvalue weighted by Gasteiger charge is -1.94. The second kappa shape index (κ2) is 4.79. The standard InChI is InChI=1S/C10H9Br2N3OS/c11-7-3-6(9(12)17-7)10-14-8(15-16-10)4-13-5-1-2-5/h3,5,13H,1-2,4H2. The van der Waals surface area contributed by atoms with Crippen LogP contribution in [-0.2, 0) is 6.54 Å². The van der Waals surface area contributed by atoms with Crippen molar-refractivity contribution in [2.24, 2.45) is 0 Å². The van der Waals surface area contributed by atoms with Gasteiger partial charge in [0.2, 0.25) is 0 Å². The molecule has 17 heavy (non-hydrogen) atoms. The first-order chi connectivity index (χ1) is 8.22. The third-order valence-corrected chi connectivity index (χ3v) is 4.82. The first-order valence-electron chi connectivity index (χ1n) is 5.23. The minimum absolute atomic E-state index is 0.562. The van der Waals surface area contributed by atoms with Crippen molar-refractivity contribution in [2.45, 2.75) is 25.4 Å². The Morgan fingerprint density at radius 3 is 2.94 bits per heavy atom. The number of halogens is 2. The van der Waals surface area contributed by atoms with Crippen LogP contribution in [0.25, 0.3) is 11.5 Å². The second-order valence-corrected chi connectivity index (χ2v) is 7.66. The van der Waals surface area contributed by atoms with Crippen LogP contribution in [0.4, 0.5) is 0 Å². The number of nitrogens with zero attached hydrogens (tertiary/aromatic N) is 2. The van der Waals surface area contributed by atoms with Crippen molar-refractivity contribution in [3.63, 3.8) is 0 Å². The summed E-state index contributed by atoms with van der Waals surface area (Å²) >= 11 is 8.50. The van der Waals surface area contributed by atoms with Crippen molar-refractivity contribution in [1.29, 1.82) is 0 Å². The molecule has 0 radical (unpaired) electrons. The Bertz CT molecular complexity index is 535. The summed E-state index contributed by atoms with van der Waals surface area (Å²) in [6, 6.07) is 2.62. The van der Waals surface area contributed by atoms with E-state index in [1.807, 2.05) is 6.07 Å². The van der Waals surface area contributed by atoms with E-state index >= 15 is 0 Å². The highest BCUT2D eigenvalue weighted by Crippen LogP contribution is 2.37. The molecule has 2 aromatic rings. The van der Waals surface area contributed by atoms with Gasteiger partial charge in [0.05, 0.1) is 19.7 Å². The fourth-order valence-electron chi connectivity index (χ4n) is 1.44. The minimum atomic E-state index is 0.562. The largest absolute Gasteiger partial charge is 0.334 e. The van der Waals surface area contributed by atoms with Gasteiger partial charge in [-0.05, 0) is 50.8 Å². The van der Waals surface area contributed by atoms with E-state index in [9.17, 15) is 0 Å². The first-order valence-corrected chi connectivity index (χ1v) is 7.64. The molecule has 2 aromatic heterocycles. The molecule has 0 atom stereocenters. The topological polar surface area (TPSA) is 51.0 Å². The Hall–Kier alpha value is -0.240. The number of thiophene rings is 1. The number of nitrogens with one attached hydrogen (secondary N) is 1.